The van der Waals surface area contributed by atoms with Crippen LogP contribution in [0, 0.1) is 0 Å². The second-order valence-corrected chi connectivity index (χ2v) is 5.17. The van der Waals surface area contributed by atoms with Crippen molar-refractivity contribution in [1.29, 1.82) is 0 Å². The summed E-state index contributed by atoms with van der Waals surface area (Å²) in [5.41, 5.74) is 1.08. The van der Waals surface area contributed by atoms with Crippen LogP contribution in [0.1, 0.15) is 29.0 Å². The van der Waals surface area contributed by atoms with Crippen molar-refractivity contribution in [1.82, 2.24) is 15.2 Å². The molecule has 2 N–H and O–H groups in total. The molecule has 0 fully saturated rings. The fourth-order valence-electron chi connectivity index (χ4n) is 2.07. The van der Waals surface area contributed by atoms with Crippen LogP contribution in [0.2, 0.25) is 0 Å². The number of rotatable bonds is 5. The molecule has 0 unspecified atom stereocenters. The molecule has 23 heavy (non-hydrogen) atoms. The van der Waals surface area contributed by atoms with E-state index in [9.17, 15) is 14.7 Å². The molecular formula is C17H19N3O3. The van der Waals surface area contributed by atoms with Gasteiger partial charge < -0.3 is 15.3 Å². The topological polar surface area (TPSA) is 82.5 Å². The second-order valence-electron chi connectivity index (χ2n) is 5.17. The highest BCUT2D eigenvalue weighted by Gasteiger charge is 2.19. The van der Waals surface area contributed by atoms with Gasteiger partial charge in [-0.15, -0.1) is 0 Å². The molecule has 0 spiro atoms. The van der Waals surface area contributed by atoms with Gasteiger partial charge in [0.15, 0.2) is 0 Å². The summed E-state index contributed by atoms with van der Waals surface area (Å²) < 4.78 is 0. The predicted octanol–water partition coefficient (Wildman–Crippen LogP) is 1.74. The van der Waals surface area contributed by atoms with E-state index >= 15 is 0 Å². The minimum Gasteiger partial charge on any atom is -0.508 e. The molecule has 0 bridgehead atoms. The van der Waals surface area contributed by atoms with E-state index < -0.39 is 5.91 Å². The molecule has 6 nitrogen and oxygen atoms in total. The third-order valence-electron chi connectivity index (χ3n) is 3.60. The Morgan fingerprint density at radius 3 is 2.70 bits per heavy atom. The Labute approximate surface area is 134 Å². The number of likely N-dealkylation sites (N-methyl/N-ethyl adjacent to an activating group) is 1. The highest BCUT2D eigenvalue weighted by atomic mass is 16.3. The lowest BCUT2D eigenvalue weighted by atomic mass is 10.2. The Morgan fingerprint density at radius 2 is 2.04 bits per heavy atom. The fourth-order valence-corrected chi connectivity index (χ4v) is 2.07. The molecule has 0 radical (unpaired) electrons. The lowest BCUT2D eigenvalue weighted by Gasteiger charge is -2.24. The maximum Gasteiger partial charge on any atom is 0.251 e. The monoisotopic (exact) mass is 313 g/mol. The summed E-state index contributed by atoms with van der Waals surface area (Å²) in [6.07, 6.45) is 1.67. The molecule has 0 aliphatic rings. The first-order valence-electron chi connectivity index (χ1n) is 7.23. The average Bonchev–Trinajstić information content (AvgIpc) is 2.58. The minimum absolute atomic E-state index is 0.00451. The van der Waals surface area contributed by atoms with E-state index in [1.165, 1.54) is 17.0 Å². The summed E-state index contributed by atoms with van der Waals surface area (Å²) in [6.45, 7) is 1.75. The molecule has 2 amide bonds. The zero-order valence-corrected chi connectivity index (χ0v) is 13.1. The number of hydrogen-bond acceptors (Lipinski definition) is 4. The van der Waals surface area contributed by atoms with Crippen LogP contribution in [-0.2, 0) is 4.79 Å². The number of phenolic OH excluding ortho intramolecular Hbond substituents is 1. The van der Waals surface area contributed by atoms with Gasteiger partial charge in [-0.2, -0.15) is 0 Å². The van der Waals surface area contributed by atoms with Crippen molar-refractivity contribution in [2.24, 2.45) is 0 Å². The molecule has 1 aromatic heterocycles. The molecule has 0 saturated carbocycles. The quantitative estimate of drug-likeness (QED) is 0.881. The Morgan fingerprint density at radius 1 is 1.26 bits per heavy atom. The summed E-state index contributed by atoms with van der Waals surface area (Å²) >= 11 is 0. The fraction of sp³-hybridized carbons (Fsp3) is 0.235. The number of phenols is 1. The number of carbonyl (C=O) groups is 2. The van der Waals surface area contributed by atoms with Crippen LogP contribution in [0.3, 0.4) is 0 Å². The van der Waals surface area contributed by atoms with Gasteiger partial charge >= 0.3 is 0 Å². The maximum atomic E-state index is 12.2. The van der Waals surface area contributed by atoms with Crippen molar-refractivity contribution in [3.8, 4) is 5.75 Å². The zero-order chi connectivity index (χ0) is 16.8. The first-order chi connectivity index (χ1) is 11.0. The number of aromatic nitrogens is 1. The van der Waals surface area contributed by atoms with Crippen LogP contribution in [0.4, 0.5) is 0 Å². The van der Waals surface area contributed by atoms with Crippen molar-refractivity contribution < 1.29 is 14.7 Å². The van der Waals surface area contributed by atoms with Gasteiger partial charge in [-0.3, -0.25) is 14.6 Å². The number of nitrogens with zero attached hydrogens (tertiary/aromatic N) is 2. The predicted molar refractivity (Wildman–Crippen MR) is 85.9 cm³/mol. The van der Waals surface area contributed by atoms with E-state index in [-0.39, 0.29) is 24.2 Å². The zero-order valence-electron chi connectivity index (χ0n) is 13.1. The van der Waals surface area contributed by atoms with Crippen LogP contribution in [0.15, 0.2) is 48.7 Å². The molecule has 2 aromatic rings. The molecule has 120 valence electrons. The average molecular weight is 313 g/mol. The first kappa shape index (κ1) is 16.5. The number of hydrogen-bond donors (Lipinski definition) is 2. The lowest BCUT2D eigenvalue weighted by molar-refractivity contribution is -0.130. The molecule has 6 heteroatoms. The molecule has 1 aromatic carbocycles. The smallest absolute Gasteiger partial charge is 0.251 e. The Kier molecular flexibility index (Phi) is 5.30. The van der Waals surface area contributed by atoms with Crippen molar-refractivity contribution in [3.05, 3.63) is 59.9 Å². The van der Waals surface area contributed by atoms with E-state index in [1.54, 1.807) is 25.4 Å². The normalized spacial score (nSPS) is 11.6. The summed E-state index contributed by atoms with van der Waals surface area (Å²) in [4.78, 5) is 29.9. The largest absolute Gasteiger partial charge is 0.508 e. The van der Waals surface area contributed by atoms with E-state index in [4.69, 9.17) is 0 Å². The third-order valence-corrected chi connectivity index (χ3v) is 3.60. The van der Waals surface area contributed by atoms with Crippen LogP contribution >= 0.6 is 0 Å². The first-order valence-corrected chi connectivity index (χ1v) is 7.23. The van der Waals surface area contributed by atoms with Gasteiger partial charge in [0.25, 0.3) is 5.91 Å². The van der Waals surface area contributed by atoms with Gasteiger partial charge in [0.05, 0.1) is 18.3 Å². The second kappa shape index (κ2) is 7.40. The van der Waals surface area contributed by atoms with Crippen molar-refractivity contribution in [3.63, 3.8) is 0 Å². The maximum absolute atomic E-state index is 12.2. The van der Waals surface area contributed by atoms with Gasteiger partial charge in [0.1, 0.15) is 5.75 Å². The number of amides is 2. The van der Waals surface area contributed by atoms with Gasteiger partial charge in [-0.1, -0.05) is 12.1 Å². The standard InChI is InChI=1S/C17H19N3O3/c1-12(15-8-3-4-9-18-15)20(2)16(22)11-19-17(23)13-6-5-7-14(21)10-13/h3-10,12,21H,11H2,1-2H3,(H,19,23)/t12-/m1/s1. The van der Waals surface area contributed by atoms with Crippen LogP contribution in [0.25, 0.3) is 0 Å². The van der Waals surface area contributed by atoms with E-state index in [0.29, 0.717) is 5.56 Å². The highest BCUT2D eigenvalue weighted by molar-refractivity contribution is 5.96. The number of nitrogens with one attached hydrogen (secondary N) is 1. The number of pyridine rings is 1. The highest BCUT2D eigenvalue weighted by Crippen LogP contribution is 2.15. The summed E-state index contributed by atoms with van der Waals surface area (Å²) in [6, 6.07) is 11.3. The Bertz CT molecular complexity index is 688. The molecule has 1 atom stereocenters. The number of carbonyl (C=O) groups excluding carboxylic acids is 2. The Hall–Kier alpha value is -2.89. The van der Waals surface area contributed by atoms with Crippen molar-refractivity contribution >= 4 is 11.8 Å². The van der Waals surface area contributed by atoms with Gasteiger partial charge in [0.2, 0.25) is 5.91 Å². The summed E-state index contributed by atoms with van der Waals surface area (Å²) in [7, 11) is 1.67. The molecule has 0 saturated heterocycles. The molecular weight excluding hydrogens is 294 g/mol. The molecule has 0 aliphatic heterocycles. The summed E-state index contributed by atoms with van der Waals surface area (Å²) in [5, 5.41) is 11.9. The number of benzene rings is 1. The van der Waals surface area contributed by atoms with Crippen LogP contribution < -0.4 is 5.32 Å². The van der Waals surface area contributed by atoms with E-state index in [2.05, 4.69) is 10.3 Å². The number of aromatic hydroxyl groups is 1. The van der Waals surface area contributed by atoms with Crippen molar-refractivity contribution in [2.45, 2.75) is 13.0 Å². The van der Waals surface area contributed by atoms with Crippen LogP contribution in [0.5, 0.6) is 5.75 Å². The summed E-state index contributed by atoms with van der Waals surface area (Å²) in [5.74, 6) is -0.630. The molecule has 2 rings (SSSR count). The lowest BCUT2D eigenvalue weighted by Crippen LogP contribution is -2.39. The van der Waals surface area contributed by atoms with Gasteiger partial charge in [0, 0.05) is 18.8 Å². The van der Waals surface area contributed by atoms with Gasteiger partial charge in [-0.05, 0) is 37.3 Å². The molecule has 1 heterocycles. The molecule has 0 aliphatic carbocycles. The SMILES string of the molecule is C[C@H](c1ccccn1)N(C)C(=O)CNC(=O)c1cccc(O)c1. The Balaban J connectivity index is 1.92. The third kappa shape index (κ3) is 4.29. The van der Waals surface area contributed by atoms with E-state index in [1.807, 2.05) is 25.1 Å². The van der Waals surface area contributed by atoms with Crippen molar-refractivity contribution in [2.75, 3.05) is 13.6 Å². The minimum atomic E-state index is -0.409. The van der Waals surface area contributed by atoms with Crippen LogP contribution in [-0.4, -0.2) is 40.4 Å². The van der Waals surface area contributed by atoms with Gasteiger partial charge in [-0.25, -0.2) is 0 Å². The van der Waals surface area contributed by atoms with E-state index in [0.717, 1.165) is 5.69 Å².